The lowest BCUT2D eigenvalue weighted by Crippen LogP contribution is -2.62. The topological polar surface area (TPSA) is 102 Å². The Kier molecular flexibility index (Phi) is 7.42. The minimum absolute atomic E-state index is 0.0808. The zero-order valence-corrected chi connectivity index (χ0v) is 23.7. The van der Waals surface area contributed by atoms with Gasteiger partial charge >= 0.3 is 12.1 Å². The number of benzene rings is 2. The normalized spacial score (nSPS) is 22.9. The average Bonchev–Trinajstić information content (AvgIpc) is 3.37. The standard InChI is InChI=1S/C26H34N2O7SSi/c1-33-24(29)26(18-35-15-16-37(3,4)5)17-21-20-13-9-10-14-22(20)28(23(21)27(26)25(30)34-2)36(31,32)19-11-7-6-8-12-19/h6-14,21,23H,15-18H2,1-5H3/t21-,23+,26-/m0/s1. The molecular formula is C26H34N2O7SSi. The Balaban J connectivity index is 1.84. The minimum atomic E-state index is -4.11. The second-order valence-electron chi connectivity index (χ2n) is 10.6. The van der Waals surface area contributed by atoms with Crippen LogP contribution in [-0.2, 0) is 29.0 Å². The quantitative estimate of drug-likeness (QED) is 0.280. The molecule has 11 heteroatoms. The van der Waals surface area contributed by atoms with Gasteiger partial charge in [0, 0.05) is 20.6 Å². The van der Waals surface area contributed by atoms with Crippen molar-refractivity contribution in [1.82, 2.24) is 4.90 Å². The summed E-state index contributed by atoms with van der Waals surface area (Å²) in [5.74, 6) is -1.16. The largest absolute Gasteiger partial charge is 0.467 e. The van der Waals surface area contributed by atoms with Gasteiger partial charge in [0.2, 0.25) is 0 Å². The van der Waals surface area contributed by atoms with Gasteiger partial charge in [0.05, 0.1) is 31.4 Å². The van der Waals surface area contributed by atoms with Crippen LogP contribution in [0, 0.1) is 0 Å². The molecule has 3 atom stereocenters. The number of nitrogens with zero attached hydrogens (tertiary/aromatic N) is 2. The fourth-order valence-electron chi connectivity index (χ4n) is 5.22. The van der Waals surface area contributed by atoms with Crippen molar-refractivity contribution in [2.45, 2.75) is 54.6 Å². The van der Waals surface area contributed by atoms with Crippen molar-refractivity contribution in [2.24, 2.45) is 0 Å². The number of carbonyl (C=O) groups excluding carboxylic acids is 2. The Morgan fingerprint density at radius 2 is 1.65 bits per heavy atom. The van der Waals surface area contributed by atoms with E-state index in [0.717, 1.165) is 11.6 Å². The van der Waals surface area contributed by atoms with Crippen LogP contribution < -0.4 is 4.31 Å². The molecule has 0 unspecified atom stereocenters. The van der Waals surface area contributed by atoms with Crippen LogP contribution in [0.1, 0.15) is 17.9 Å². The molecule has 0 aliphatic carbocycles. The number of rotatable bonds is 8. The molecule has 2 heterocycles. The molecule has 0 saturated carbocycles. The highest BCUT2D eigenvalue weighted by atomic mass is 32.2. The number of fused-ring (bicyclic) bond motifs is 3. The number of amides is 1. The van der Waals surface area contributed by atoms with Gasteiger partial charge in [-0.2, -0.15) is 0 Å². The van der Waals surface area contributed by atoms with E-state index in [-0.39, 0.29) is 17.9 Å². The SMILES string of the molecule is COC(=O)N1[C@H]2[C@@H](C[C@]1(COCC[Si](C)(C)C)C(=O)OC)c1ccccc1N2S(=O)(=O)c1ccccc1. The molecule has 0 radical (unpaired) electrons. The van der Waals surface area contributed by atoms with Gasteiger partial charge in [-0.25, -0.2) is 22.3 Å². The maximum Gasteiger partial charge on any atom is 0.412 e. The first-order valence-electron chi connectivity index (χ1n) is 12.2. The van der Waals surface area contributed by atoms with Crippen LogP contribution in [0.4, 0.5) is 10.5 Å². The predicted molar refractivity (Wildman–Crippen MR) is 142 cm³/mol. The lowest BCUT2D eigenvalue weighted by Gasteiger charge is -2.40. The maximum atomic E-state index is 14.0. The highest BCUT2D eigenvalue weighted by molar-refractivity contribution is 7.92. The molecule has 2 aliphatic heterocycles. The smallest absolute Gasteiger partial charge is 0.412 e. The number of likely N-dealkylation sites (tertiary alicyclic amines) is 1. The van der Waals surface area contributed by atoms with Gasteiger partial charge < -0.3 is 14.2 Å². The molecule has 1 saturated heterocycles. The van der Waals surface area contributed by atoms with Crippen LogP contribution in [0.3, 0.4) is 0 Å². The molecule has 200 valence electrons. The van der Waals surface area contributed by atoms with Crippen LogP contribution in [0.15, 0.2) is 59.5 Å². The van der Waals surface area contributed by atoms with Gasteiger partial charge in [-0.3, -0.25) is 4.90 Å². The van der Waals surface area contributed by atoms with Gasteiger partial charge in [0.1, 0.15) is 6.17 Å². The van der Waals surface area contributed by atoms with Crippen molar-refractivity contribution in [3.05, 3.63) is 60.2 Å². The van der Waals surface area contributed by atoms with Crippen LogP contribution >= 0.6 is 0 Å². The van der Waals surface area contributed by atoms with E-state index in [1.807, 2.05) is 12.1 Å². The molecule has 0 aromatic heterocycles. The Morgan fingerprint density at radius 3 is 2.27 bits per heavy atom. The molecule has 37 heavy (non-hydrogen) atoms. The Bertz CT molecular complexity index is 1270. The summed E-state index contributed by atoms with van der Waals surface area (Å²) < 4.78 is 45.6. The molecule has 1 fully saturated rings. The summed E-state index contributed by atoms with van der Waals surface area (Å²) in [5, 5.41) is 0. The van der Waals surface area contributed by atoms with Crippen molar-refractivity contribution < 1.29 is 32.2 Å². The summed E-state index contributed by atoms with van der Waals surface area (Å²) in [6, 6.07) is 16.0. The lowest BCUT2D eigenvalue weighted by atomic mass is 9.89. The molecule has 9 nitrogen and oxygen atoms in total. The molecule has 2 aromatic rings. The summed E-state index contributed by atoms with van der Waals surface area (Å²) in [7, 11) is -3.07. The van der Waals surface area contributed by atoms with Crippen molar-refractivity contribution in [1.29, 1.82) is 0 Å². The fourth-order valence-corrected chi connectivity index (χ4v) is 7.66. The van der Waals surface area contributed by atoms with E-state index >= 15 is 0 Å². The second-order valence-corrected chi connectivity index (χ2v) is 18.1. The molecule has 0 spiro atoms. The number of ether oxygens (including phenoxy) is 3. The van der Waals surface area contributed by atoms with E-state index in [1.54, 1.807) is 30.3 Å². The summed E-state index contributed by atoms with van der Waals surface area (Å²) in [6.07, 6.45) is -1.73. The highest BCUT2D eigenvalue weighted by Gasteiger charge is 2.66. The summed E-state index contributed by atoms with van der Waals surface area (Å²) in [5.41, 5.74) is -0.364. The van der Waals surface area contributed by atoms with Gasteiger partial charge in [0.15, 0.2) is 5.54 Å². The third-order valence-electron chi connectivity index (χ3n) is 7.03. The van der Waals surface area contributed by atoms with Gasteiger partial charge in [0.25, 0.3) is 10.0 Å². The minimum Gasteiger partial charge on any atom is -0.467 e. The average molecular weight is 547 g/mol. The number of carbonyl (C=O) groups is 2. The molecule has 1 amide bonds. The molecule has 0 N–H and O–H groups in total. The fraction of sp³-hybridized carbons (Fsp3) is 0.462. The summed E-state index contributed by atoms with van der Waals surface area (Å²) >= 11 is 0. The van der Waals surface area contributed by atoms with E-state index in [2.05, 4.69) is 19.6 Å². The van der Waals surface area contributed by atoms with E-state index in [4.69, 9.17) is 14.2 Å². The number of sulfonamides is 1. The second kappa shape index (κ2) is 10.1. The number of hydrogen-bond acceptors (Lipinski definition) is 7. The third kappa shape index (κ3) is 4.75. The lowest BCUT2D eigenvalue weighted by molar-refractivity contribution is -0.157. The zero-order chi connectivity index (χ0) is 27.0. The maximum absolute atomic E-state index is 14.0. The van der Waals surface area contributed by atoms with E-state index in [0.29, 0.717) is 12.3 Å². The number of para-hydroxylation sites is 1. The monoisotopic (exact) mass is 546 g/mol. The summed E-state index contributed by atoms with van der Waals surface area (Å²) in [6.45, 7) is 6.94. The van der Waals surface area contributed by atoms with Crippen LogP contribution in [0.25, 0.3) is 0 Å². The van der Waals surface area contributed by atoms with Crippen molar-refractivity contribution >= 4 is 35.8 Å². The molecule has 4 rings (SSSR count). The number of methoxy groups -OCH3 is 2. The van der Waals surface area contributed by atoms with Gasteiger partial charge in [-0.15, -0.1) is 0 Å². The Morgan fingerprint density at radius 1 is 1.00 bits per heavy atom. The van der Waals surface area contributed by atoms with E-state index < -0.39 is 47.8 Å². The number of anilines is 1. The van der Waals surface area contributed by atoms with Gasteiger partial charge in [-0.05, 0) is 36.2 Å². The number of hydrogen-bond donors (Lipinski definition) is 0. The highest BCUT2D eigenvalue weighted by Crippen LogP contribution is 2.55. The van der Waals surface area contributed by atoms with E-state index in [9.17, 15) is 18.0 Å². The first kappa shape index (κ1) is 27.1. The summed E-state index contributed by atoms with van der Waals surface area (Å²) in [4.78, 5) is 28.1. The van der Waals surface area contributed by atoms with Crippen molar-refractivity contribution in [2.75, 3.05) is 31.7 Å². The Labute approximate surface area is 219 Å². The zero-order valence-electron chi connectivity index (χ0n) is 21.8. The molecular weight excluding hydrogens is 512 g/mol. The van der Waals surface area contributed by atoms with Crippen LogP contribution in [0.2, 0.25) is 25.7 Å². The molecule has 2 aromatic carbocycles. The molecule has 2 aliphatic rings. The Hall–Kier alpha value is -2.89. The predicted octanol–water partition coefficient (Wildman–Crippen LogP) is 4.04. The first-order chi connectivity index (χ1) is 17.5. The molecule has 0 bridgehead atoms. The number of esters is 1. The van der Waals surface area contributed by atoms with Gasteiger partial charge in [-0.1, -0.05) is 56.0 Å². The van der Waals surface area contributed by atoms with E-state index in [1.165, 1.54) is 35.6 Å². The third-order valence-corrected chi connectivity index (χ3v) is 10.5. The van der Waals surface area contributed by atoms with Crippen molar-refractivity contribution in [3.8, 4) is 0 Å². The van der Waals surface area contributed by atoms with Crippen LogP contribution in [-0.4, -0.2) is 72.6 Å². The van der Waals surface area contributed by atoms with Crippen molar-refractivity contribution in [3.63, 3.8) is 0 Å². The first-order valence-corrected chi connectivity index (χ1v) is 17.3. The van der Waals surface area contributed by atoms with Crippen LogP contribution in [0.5, 0.6) is 0 Å².